The van der Waals surface area contributed by atoms with Gasteiger partial charge in [0.2, 0.25) is 0 Å². The van der Waals surface area contributed by atoms with Crippen LogP contribution >= 0.6 is 22.6 Å². The first kappa shape index (κ1) is 55.3. The lowest BCUT2D eigenvalue weighted by Crippen LogP contribution is -2.41. The van der Waals surface area contributed by atoms with Crippen LogP contribution in [0.3, 0.4) is 0 Å². The third-order valence-corrected chi connectivity index (χ3v) is 13.0. The molecule has 3 aliphatic heterocycles. The summed E-state index contributed by atoms with van der Waals surface area (Å²) in [4.78, 5) is 0. The Morgan fingerprint density at radius 3 is 1.04 bits per heavy atom. The molecule has 10 nitrogen and oxygen atoms in total. The van der Waals surface area contributed by atoms with Crippen molar-refractivity contribution in [3.63, 3.8) is 0 Å². The van der Waals surface area contributed by atoms with Crippen molar-refractivity contribution in [2.24, 2.45) is 0 Å². The predicted molar refractivity (Wildman–Crippen MR) is 253 cm³/mol. The summed E-state index contributed by atoms with van der Waals surface area (Å²) in [5, 5.41) is 17.6. The van der Waals surface area contributed by atoms with E-state index in [9.17, 15) is 26.3 Å². The second-order valence-corrected chi connectivity index (χ2v) is 19.9. The number of benzene rings is 4. The van der Waals surface area contributed by atoms with Crippen LogP contribution in [0.2, 0.25) is 0 Å². The third kappa shape index (κ3) is 12.9. The van der Waals surface area contributed by atoms with Crippen molar-refractivity contribution in [3.8, 4) is 35.1 Å². The van der Waals surface area contributed by atoms with Crippen molar-refractivity contribution in [2.75, 3.05) is 0 Å². The van der Waals surface area contributed by atoms with E-state index in [4.69, 9.17) is 47.9 Å². The van der Waals surface area contributed by atoms with Gasteiger partial charge in [0.15, 0.2) is 0 Å². The first-order valence-corrected chi connectivity index (χ1v) is 21.8. The number of alkyl halides is 6. The van der Waals surface area contributed by atoms with Crippen molar-refractivity contribution in [1.29, 1.82) is 10.5 Å². The number of hydrogen-bond acceptors (Lipinski definition) is 10. The Hall–Kier alpha value is -4.28. The van der Waals surface area contributed by atoms with Gasteiger partial charge in [-0.15, -0.1) is 0 Å². The largest absolute Gasteiger partial charge is 0.494 e. The molecular formula is C47H54B3F6IN2O8. The molecule has 0 N–H and O–H groups in total. The maximum Gasteiger partial charge on any atom is 0.494 e. The van der Waals surface area contributed by atoms with E-state index in [0.717, 1.165) is 33.3 Å². The Kier molecular flexibility index (Phi) is 16.5. The maximum absolute atomic E-state index is 13.1. The van der Waals surface area contributed by atoms with Gasteiger partial charge in [-0.05, 0) is 184 Å². The fourth-order valence-corrected chi connectivity index (χ4v) is 6.64. The lowest BCUT2D eigenvalue weighted by molar-refractivity contribution is -0.138. The fourth-order valence-electron chi connectivity index (χ4n) is 6.28. The van der Waals surface area contributed by atoms with Gasteiger partial charge in [-0.1, -0.05) is 19.6 Å². The van der Waals surface area contributed by atoms with Crippen LogP contribution in [0.1, 0.15) is 113 Å². The average molecular weight is 1050 g/mol. The Bertz CT molecular complexity index is 2370. The SMILES string of the molecule is C.CC1(C)OB(B2OC(C)(C)C(C)(C)O2)OC1(C)C.CC1(C)OB(c2ccc(Oc3ccc(C#N)c(C(F)(F)F)c3)cc2)OC1(C)C.N#Cc1ccc(Oc2ccc(I)cc2)cc1C(F)(F)F. The van der Waals surface area contributed by atoms with E-state index in [1.807, 2.05) is 83.1 Å². The number of nitriles is 2. The summed E-state index contributed by atoms with van der Waals surface area (Å²) in [6, 6.07) is 23.2. The van der Waals surface area contributed by atoms with Gasteiger partial charge in [0.25, 0.3) is 0 Å². The summed E-state index contributed by atoms with van der Waals surface area (Å²) in [6.45, 7) is 24.0. The highest BCUT2D eigenvalue weighted by molar-refractivity contribution is 14.1. The summed E-state index contributed by atoms with van der Waals surface area (Å²) >= 11 is 2.11. The van der Waals surface area contributed by atoms with Crippen LogP contribution in [-0.2, 0) is 40.3 Å². The smallest absolute Gasteiger partial charge is 0.457 e. The molecule has 0 bridgehead atoms. The summed E-state index contributed by atoms with van der Waals surface area (Å²) in [7, 11) is -1.49. The molecule has 7 rings (SSSR count). The molecule has 3 saturated heterocycles. The van der Waals surface area contributed by atoms with Crippen molar-refractivity contribution >= 4 is 49.2 Å². The second kappa shape index (κ2) is 20.0. The Balaban J connectivity index is 0.000000225. The van der Waals surface area contributed by atoms with Gasteiger partial charge in [-0.25, -0.2) is 0 Å². The Morgan fingerprint density at radius 2 is 0.746 bits per heavy atom. The molecule has 0 aromatic heterocycles. The molecule has 0 aliphatic carbocycles. The highest BCUT2D eigenvalue weighted by atomic mass is 127. The van der Waals surface area contributed by atoms with Crippen LogP contribution in [0.5, 0.6) is 23.0 Å². The first-order chi connectivity index (χ1) is 30.2. The van der Waals surface area contributed by atoms with Gasteiger partial charge in [-0.3, -0.25) is 0 Å². The molecule has 4 aromatic rings. The molecule has 20 heteroatoms. The molecule has 0 unspecified atom stereocenters. The minimum atomic E-state index is -4.63. The monoisotopic (exact) mass is 1050 g/mol. The molecule has 0 spiro atoms. The quantitative estimate of drug-likeness (QED) is 0.105. The molecule has 0 radical (unpaired) electrons. The summed E-state index contributed by atoms with van der Waals surface area (Å²) in [5.74, 6) is 0.827. The summed E-state index contributed by atoms with van der Waals surface area (Å²) in [5.41, 5.74) is -4.49. The summed E-state index contributed by atoms with van der Waals surface area (Å²) in [6.07, 6.45) is -9.22. The zero-order valence-corrected chi connectivity index (χ0v) is 40.8. The van der Waals surface area contributed by atoms with Gasteiger partial charge >= 0.3 is 33.5 Å². The van der Waals surface area contributed by atoms with E-state index in [2.05, 4.69) is 22.6 Å². The minimum Gasteiger partial charge on any atom is -0.457 e. The van der Waals surface area contributed by atoms with Gasteiger partial charge in [0.1, 0.15) is 23.0 Å². The van der Waals surface area contributed by atoms with Crippen LogP contribution in [0.4, 0.5) is 26.3 Å². The van der Waals surface area contributed by atoms with Crippen molar-refractivity contribution < 1.29 is 63.7 Å². The number of ether oxygens (including phenoxy) is 2. The van der Waals surface area contributed by atoms with Crippen LogP contribution in [0.15, 0.2) is 84.9 Å². The lowest BCUT2D eigenvalue weighted by atomic mass is 9.49. The van der Waals surface area contributed by atoms with Crippen LogP contribution in [0.25, 0.3) is 0 Å². The Labute approximate surface area is 404 Å². The molecule has 0 saturated carbocycles. The zero-order chi connectivity index (χ0) is 49.5. The highest BCUT2D eigenvalue weighted by Crippen LogP contribution is 2.43. The molecular weight excluding hydrogens is 994 g/mol. The van der Waals surface area contributed by atoms with Crippen LogP contribution in [0, 0.1) is 26.2 Å². The highest BCUT2D eigenvalue weighted by Gasteiger charge is 2.63. The molecule has 3 fully saturated rings. The van der Waals surface area contributed by atoms with Gasteiger partial charge in [0.05, 0.1) is 68.0 Å². The maximum atomic E-state index is 13.1. The predicted octanol–water partition coefficient (Wildman–Crippen LogP) is 12.5. The number of rotatable bonds is 6. The van der Waals surface area contributed by atoms with E-state index < -0.39 is 66.9 Å². The van der Waals surface area contributed by atoms with E-state index >= 15 is 0 Å². The standard InChI is InChI=1S/C20H19BF3NO3.C14H7F3INO.C12H24B2O4.CH4/c1-18(2)19(3,4)28-21(27-18)14-6-9-15(10-7-14)26-16-8-5-13(12-25)17(11-16)20(22,23)24;15-14(16,17)13-7-12(4-1-9(13)8-19)20-11-5-2-10(18)3-6-11;1-9(2)10(3,4)16-13(15-9)14-17-11(5,6)12(7,8)18-14;/h5-11H,1-4H3;1-7H;1-8H3;1H4. The van der Waals surface area contributed by atoms with Crippen LogP contribution in [-0.4, -0.2) is 54.7 Å². The number of nitrogens with zero attached hydrogens (tertiary/aromatic N) is 2. The van der Waals surface area contributed by atoms with Gasteiger partial charge in [-0.2, -0.15) is 36.9 Å². The first-order valence-electron chi connectivity index (χ1n) is 20.7. The molecule has 4 aromatic carbocycles. The fraction of sp³-hybridized carbons (Fsp3) is 0.447. The van der Waals surface area contributed by atoms with E-state index in [1.165, 1.54) is 18.2 Å². The molecule has 3 aliphatic rings. The molecule has 67 heavy (non-hydrogen) atoms. The second-order valence-electron chi connectivity index (χ2n) is 18.7. The van der Waals surface area contributed by atoms with Crippen LogP contribution < -0.4 is 14.9 Å². The lowest BCUT2D eigenvalue weighted by Gasteiger charge is -2.32. The third-order valence-electron chi connectivity index (χ3n) is 12.3. The molecule has 0 atom stereocenters. The number of halogens is 7. The van der Waals surface area contributed by atoms with Gasteiger partial charge < -0.3 is 37.4 Å². The number of hydrogen-bond donors (Lipinski definition) is 0. The average Bonchev–Trinajstić information content (AvgIpc) is 3.68. The van der Waals surface area contributed by atoms with Crippen molar-refractivity contribution in [2.45, 2.75) is 136 Å². The molecule has 3 heterocycles. The van der Waals surface area contributed by atoms with E-state index in [0.29, 0.717) is 11.5 Å². The van der Waals surface area contributed by atoms with Gasteiger partial charge in [0, 0.05) is 3.57 Å². The molecule has 0 amide bonds. The topological polar surface area (TPSA) is 121 Å². The van der Waals surface area contributed by atoms with E-state index in [-0.39, 0.29) is 41.3 Å². The van der Waals surface area contributed by atoms with Crippen molar-refractivity contribution in [1.82, 2.24) is 0 Å². The normalized spacial score (nSPS) is 19.4. The van der Waals surface area contributed by atoms with E-state index in [1.54, 1.807) is 54.6 Å². The summed E-state index contributed by atoms with van der Waals surface area (Å²) < 4.78 is 125. The molecule has 358 valence electrons. The van der Waals surface area contributed by atoms with Crippen molar-refractivity contribution in [3.05, 3.63) is 111 Å². The Morgan fingerprint density at radius 1 is 0.463 bits per heavy atom. The minimum absolute atomic E-state index is 0. The zero-order valence-electron chi connectivity index (χ0n) is 38.6.